The number of hydrogen-bond donors (Lipinski definition) is 1. The summed E-state index contributed by atoms with van der Waals surface area (Å²) in [5.41, 5.74) is 2.22. The van der Waals surface area contributed by atoms with Gasteiger partial charge in [0.1, 0.15) is 0 Å². The van der Waals surface area contributed by atoms with E-state index in [0.29, 0.717) is 12.0 Å². The Bertz CT molecular complexity index is 491. The van der Waals surface area contributed by atoms with Crippen LogP contribution in [0.4, 0.5) is 0 Å². The Morgan fingerprint density at radius 3 is 2.59 bits per heavy atom. The number of aromatic nitrogens is 1. The second kappa shape index (κ2) is 5.28. The van der Waals surface area contributed by atoms with Gasteiger partial charge >= 0.3 is 0 Å². The molecule has 0 saturated heterocycles. The average Bonchev–Trinajstić information content (AvgIpc) is 2.35. The van der Waals surface area contributed by atoms with E-state index in [1.165, 1.54) is 5.39 Å². The van der Waals surface area contributed by atoms with E-state index in [1.54, 1.807) is 0 Å². The molecule has 1 aromatic carbocycles. The highest BCUT2D eigenvalue weighted by Gasteiger charge is 2.15. The predicted molar refractivity (Wildman–Crippen MR) is 73.0 cm³/mol. The van der Waals surface area contributed by atoms with Gasteiger partial charge < -0.3 is 5.32 Å². The molecule has 0 radical (unpaired) electrons. The summed E-state index contributed by atoms with van der Waals surface area (Å²) in [5.74, 6) is 0.545. The molecule has 1 aromatic heterocycles. The molecule has 1 atom stereocenters. The molecule has 2 nitrogen and oxygen atoms in total. The number of nitrogens with zero attached hydrogens (tertiary/aromatic N) is 1. The highest BCUT2D eigenvalue weighted by molar-refractivity contribution is 5.78. The lowest BCUT2D eigenvalue weighted by atomic mass is 9.99. The highest BCUT2D eigenvalue weighted by atomic mass is 14.9. The van der Waals surface area contributed by atoms with E-state index in [-0.39, 0.29) is 0 Å². The van der Waals surface area contributed by atoms with Crippen LogP contribution in [0.15, 0.2) is 36.4 Å². The second-order valence-corrected chi connectivity index (χ2v) is 4.71. The summed E-state index contributed by atoms with van der Waals surface area (Å²) in [6.45, 7) is 7.56. The second-order valence-electron chi connectivity index (χ2n) is 4.71. The first kappa shape index (κ1) is 12.1. The third-order valence-corrected chi connectivity index (χ3v) is 3.03. The first-order valence-corrected chi connectivity index (χ1v) is 6.31. The van der Waals surface area contributed by atoms with Crippen LogP contribution in [-0.2, 0) is 0 Å². The van der Waals surface area contributed by atoms with Crippen LogP contribution >= 0.6 is 0 Å². The molecule has 0 spiro atoms. The van der Waals surface area contributed by atoms with Crippen molar-refractivity contribution >= 4 is 10.9 Å². The molecule has 90 valence electrons. The quantitative estimate of drug-likeness (QED) is 0.865. The molecule has 0 aliphatic heterocycles. The Kier molecular flexibility index (Phi) is 3.75. The number of benzene rings is 1. The smallest absolute Gasteiger partial charge is 0.0706 e. The van der Waals surface area contributed by atoms with Crippen molar-refractivity contribution in [1.29, 1.82) is 0 Å². The molecule has 2 aromatic rings. The maximum Gasteiger partial charge on any atom is 0.0706 e. The van der Waals surface area contributed by atoms with E-state index in [4.69, 9.17) is 4.98 Å². The molecule has 1 unspecified atom stereocenters. The molecule has 0 bridgehead atoms. The number of rotatable bonds is 4. The molecule has 2 rings (SSSR count). The van der Waals surface area contributed by atoms with Crippen molar-refractivity contribution in [3.8, 4) is 0 Å². The molecular weight excluding hydrogens is 208 g/mol. The van der Waals surface area contributed by atoms with Gasteiger partial charge in [0.15, 0.2) is 0 Å². The van der Waals surface area contributed by atoms with Crippen molar-refractivity contribution in [3.05, 3.63) is 42.1 Å². The molecule has 1 heterocycles. The SMILES string of the molecule is CCNC(c1ccc2ccccc2n1)C(C)C. The maximum absolute atomic E-state index is 4.75. The van der Waals surface area contributed by atoms with E-state index in [2.05, 4.69) is 50.4 Å². The minimum atomic E-state index is 0.338. The topological polar surface area (TPSA) is 24.9 Å². The van der Waals surface area contributed by atoms with E-state index in [0.717, 1.165) is 17.8 Å². The normalized spacial score (nSPS) is 13.2. The number of pyridine rings is 1. The summed E-state index contributed by atoms with van der Waals surface area (Å²) < 4.78 is 0. The Morgan fingerprint density at radius 1 is 1.12 bits per heavy atom. The van der Waals surface area contributed by atoms with Gasteiger partial charge in [0, 0.05) is 5.39 Å². The zero-order chi connectivity index (χ0) is 12.3. The summed E-state index contributed by atoms with van der Waals surface area (Å²) in [6.07, 6.45) is 0. The lowest BCUT2D eigenvalue weighted by Gasteiger charge is -2.21. The number of fused-ring (bicyclic) bond motifs is 1. The van der Waals surface area contributed by atoms with Gasteiger partial charge in [0.25, 0.3) is 0 Å². The fraction of sp³-hybridized carbons (Fsp3) is 0.400. The van der Waals surface area contributed by atoms with Gasteiger partial charge in [-0.1, -0.05) is 45.0 Å². The van der Waals surface area contributed by atoms with E-state index in [9.17, 15) is 0 Å². The lowest BCUT2D eigenvalue weighted by molar-refractivity contribution is 0.414. The van der Waals surface area contributed by atoms with Gasteiger partial charge in [0.05, 0.1) is 17.3 Å². The largest absolute Gasteiger partial charge is 0.309 e. The van der Waals surface area contributed by atoms with Crippen LogP contribution in [0.1, 0.15) is 32.5 Å². The first-order valence-electron chi connectivity index (χ1n) is 6.31. The van der Waals surface area contributed by atoms with Crippen molar-refractivity contribution in [2.45, 2.75) is 26.8 Å². The van der Waals surface area contributed by atoms with Gasteiger partial charge in [-0.2, -0.15) is 0 Å². The first-order chi connectivity index (χ1) is 8.22. The molecule has 0 fully saturated rings. The summed E-state index contributed by atoms with van der Waals surface area (Å²) in [6, 6.07) is 12.9. The monoisotopic (exact) mass is 228 g/mol. The van der Waals surface area contributed by atoms with Crippen molar-refractivity contribution in [2.75, 3.05) is 6.54 Å². The molecule has 0 aliphatic carbocycles. The fourth-order valence-electron chi connectivity index (χ4n) is 2.16. The summed E-state index contributed by atoms with van der Waals surface area (Å²) in [5, 5.41) is 4.70. The Morgan fingerprint density at radius 2 is 1.88 bits per heavy atom. The van der Waals surface area contributed by atoms with Crippen LogP contribution in [0.5, 0.6) is 0 Å². The fourth-order valence-corrected chi connectivity index (χ4v) is 2.16. The van der Waals surface area contributed by atoms with Crippen molar-refractivity contribution in [2.24, 2.45) is 5.92 Å². The lowest BCUT2D eigenvalue weighted by Crippen LogP contribution is -2.26. The van der Waals surface area contributed by atoms with Gasteiger partial charge in [-0.15, -0.1) is 0 Å². The molecule has 1 N–H and O–H groups in total. The summed E-state index contributed by atoms with van der Waals surface area (Å²) in [7, 11) is 0. The number of para-hydroxylation sites is 1. The Labute approximate surface area is 103 Å². The summed E-state index contributed by atoms with van der Waals surface area (Å²) in [4.78, 5) is 4.75. The Hall–Kier alpha value is -1.41. The average molecular weight is 228 g/mol. The van der Waals surface area contributed by atoms with Crippen LogP contribution in [0, 0.1) is 5.92 Å². The standard InChI is InChI=1S/C15H20N2/c1-4-16-15(11(2)3)14-10-9-12-7-5-6-8-13(12)17-14/h5-11,15-16H,4H2,1-3H3. The van der Waals surface area contributed by atoms with Gasteiger partial charge in [0.2, 0.25) is 0 Å². The van der Waals surface area contributed by atoms with Crippen molar-refractivity contribution in [1.82, 2.24) is 10.3 Å². The summed E-state index contributed by atoms with van der Waals surface area (Å²) >= 11 is 0. The Balaban J connectivity index is 2.40. The zero-order valence-corrected chi connectivity index (χ0v) is 10.8. The van der Waals surface area contributed by atoms with Crippen LogP contribution in [0.25, 0.3) is 10.9 Å². The molecule has 0 saturated carbocycles. The van der Waals surface area contributed by atoms with Gasteiger partial charge in [-0.05, 0) is 24.6 Å². The third kappa shape index (κ3) is 2.64. The van der Waals surface area contributed by atoms with E-state index < -0.39 is 0 Å². The zero-order valence-electron chi connectivity index (χ0n) is 10.8. The van der Waals surface area contributed by atoms with Crippen molar-refractivity contribution < 1.29 is 0 Å². The van der Waals surface area contributed by atoms with Crippen LogP contribution < -0.4 is 5.32 Å². The molecule has 0 aliphatic rings. The highest BCUT2D eigenvalue weighted by Crippen LogP contribution is 2.22. The number of hydrogen-bond acceptors (Lipinski definition) is 2. The predicted octanol–water partition coefficient (Wildman–Crippen LogP) is 3.54. The van der Waals surface area contributed by atoms with Crippen LogP contribution in [0.3, 0.4) is 0 Å². The van der Waals surface area contributed by atoms with E-state index in [1.807, 2.05) is 12.1 Å². The maximum atomic E-state index is 4.75. The van der Waals surface area contributed by atoms with Gasteiger partial charge in [-0.25, -0.2) is 0 Å². The van der Waals surface area contributed by atoms with Gasteiger partial charge in [-0.3, -0.25) is 4.98 Å². The molecule has 17 heavy (non-hydrogen) atoms. The van der Waals surface area contributed by atoms with Crippen LogP contribution in [0.2, 0.25) is 0 Å². The molecule has 0 amide bonds. The van der Waals surface area contributed by atoms with E-state index >= 15 is 0 Å². The molecular formula is C15H20N2. The minimum absolute atomic E-state index is 0.338. The third-order valence-electron chi connectivity index (χ3n) is 3.03. The minimum Gasteiger partial charge on any atom is -0.309 e. The van der Waals surface area contributed by atoms with Crippen molar-refractivity contribution in [3.63, 3.8) is 0 Å². The van der Waals surface area contributed by atoms with Crippen LogP contribution in [-0.4, -0.2) is 11.5 Å². The molecule has 2 heteroatoms. The number of nitrogens with one attached hydrogen (secondary N) is 1.